The maximum absolute atomic E-state index is 13.3. The SMILES string of the molecule is C=C/C=C(/F)C(=C)C(=O)/C(=C/C(C)C)CC. The first kappa shape index (κ1) is 14.6. The normalized spacial score (nSPS) is 12.8. The number of Topliss-reactive ketones (excluding diaryl/α,β-unsaturated/α-hetero) is 1. The third kappa shape index (κ3) is 4.39. The van der Waals surface area contributed by atoms with Crippen LogP contribution in [0.2, 0.25) is 0 Å². The average molecular weight is 222 g/mol. The predicted octanol–water partition coefficient (Wildman–Crippen LogP) is 4.14. The van der Waals surface area contributed by atoms with Crippen LogP contribution in [0.1, 0.15) is 27.2 Å². The van der Waals surface area contributed by atoms with Gasteiger partial charge in [-0.15, -0.1) is 0 Å². The minimum atomic E-state index is -0.622. The molecule has 0 rings (SSSR count). The lowest BCUT2D eigenvalue weighted by molar-refractivity contribution is -0.112. The van der Waals surface area contributed by atoms with Crippen molar-refractivity contribution < 1.29 is 9.18 Å². The van der Waals surface area contributed by atoms with Crippen molar-refractivity contribution >= 4 is 5.78 Å². The lowest BCUT2D eigenvalue weighted by Gasteiger charge is -2.07. The van der Waals surface area contributed by atoms with Gasteiger partial charge in [-0.05, 0) is 24.0 Å². The van der Waals surface area contributed by atoms with Gasteiger partial charge in [0.25, 0.3) is 0 Å². The zero-order valence-corrected chi connectivity index (χ0v) is 10.2. The van der Waals surface area contributed by atoms with Gasteiger partial charge >= 0.3 is 0 Å². The predicted molar refractivity (Wildman–Crippen MR) is 66.7 cm³/mol. The molecule has 1 nitrogen and oxygen atoms in total. The van der Waals surface area contributed by atoms with Gasteiger partial charge in [0.1, 0.15) is 5.83 Å². The molecule has 0 aliphatic heterocycles. The minimum Gasteiger partial charge on any atom is -0.289 e. The molecule has 0 N–H and O–H groups in total. The van der Waals surface area contributed by atoms with E-state index in [0.29, 0.717) is 12.0 Å². The van der Waals surface area contributed by atoms with Crippen molar-refractivity contribution in [2.45, 2.75) is 27.2 Å². The van der Waals surface area contributed by atoms with E-state index in [1.165, 1.54) is 6.08 Å². The van der Waals surface area contributed by atoms with E-state index in [2.05, 4.69) is 13.2 Å². The first-order valence-corrected chi connectivity index (χ1v) is 5.36. The molecule has 0 bridgehead atoms. The summed E-state index contributed by atoms with van der Waals surface area (Å²) in [7, 11) is 0. The summed E-state index contributed by atoms with van der Waals surface area (Å²) < 4.78 is 13.3. The molecule has 0 saturated carbocycles. The molecule has 0 aliphatic rings. The second kappa shape index (κ2) is 6.94. The van der Waals surface area contributed by atoms with Gasteiger partial charge in [0.05, 0.1) is 5.57 Å². The van der Waals surface area contributed by atoms with Gasteiger partial charge < -0.3 is 0 Å². The minimum absolute atomic E-state index is 0.103. The Morgan fingerprint density at radius 1 is 1.44 bits per heavy atom. The zero-order valence-electron chi connectivity index (χ0n) is 10.2. The molecule has 0 atom stereocenters. The number of hydrogen-bond donors (Lipinski definition) is 0. The smallest absolute Gasteiger partial charge is 0.191 e. The second-order valence-electron chi connectivity index (χ2n) is 3.85. The highest BCUT2D eigenvalue weighted by Gasteiger charge is 2.15. The second-order valence-corrected chi connectivity index (χ2v) is 3.85. The fourth-order valence-electron chi connectivity index (χ4n) is 1.26. The fraction of sp³-hybridized carbons (Fsp3) is 0.357. The van der Waals surface area contributed by atoms with Gasteiger partial charge in [0.15, 0.2) is 5.78 Å². The number of hydrogen-bond acceptors (Lipinski definition) is 1. The van der Waals surface area contributed by atoms with Crippen LogP contribution in [0.4, 0.5) is 4.39 Å². The summed E-state index contributed by atoms with van der Waals surface area (Å²) in [5, 5.41) is 0. The van der Waals surface area contributed by atoms with Crippen LogP contribution in [0, 0.1) is 5.92 Å². The number of halogens is 1. The van der Waals surface area contributed by atoms with Gasteiger partial charge in [0.2, 0.25) is 0 Å². The standard InChI is InChI=1S/C14H19FO/c1-6-8-13(15)11(5)14(16)12(7-2)9-10(3)4/h6,8-10H,1,5,7H2,2-4H3/b12-9+,13-8+. The van der Waals surface area contributed by atoms with Crippen LogP contribution < -0.4 is 0 Å². The topological polar surface area (TPSA) is 17.1 Å². The van der Waals surface area contributed by atoms with E-state index >= 15 is 0 Å². The van der Waals surface area contributed by atoms with E-state index in [1.807, 2.05) is 26.8 Å². The van der Waals surface area contributed by atoms with E-state index in [1.54, 1.807) is 0 Å². The van der Waals surface area contributed by atoms with E-state index in [4.69, 9.17) is 0 Å². The lowest BCUT2D eigenvalue weighted by atomic mass is 9.98. The largest absolute Gasteiger partial charge is 0.289 e. The molecule has 0 saturated heterocycles. The van der Waals surface area contributed by atoms with Crippen LogP contribution in [0.5, 0.6) is 0 Å². The van der Waals surface area contributed by atoms with E-state index in [9.17, 15) is 9.18 Å². The molecular weight excluding hydrogens is 203 g/mol. The number of ketones is 1. The monoisotopic (exact) mass is 222 g/mol. The third-order valence-electron chi connectivity index (χ3n) is 2.03. The van der Waals surface area contributed by atoms with Crippen molar-refractivity contribution in [1.82, 2.24) is 0 Å². The van der Waals surface area contributed by atoms with Crippen LogP contribution in [0.25, 0.3) is 0 Å². The number of carbonyl (C=O) groups is 1. The summed E-state index contributed by atoms with van der Waals surface area (Å²) in [4.78, 5) is 11.8. The van der Waals surface area contributed by atoms with Gasteiger partial charge in [0, 0.05) is 0 Å². The van der Waals surface area contributed by atoms with E-state index in [-0.39, 0.29) is 17.3 Å². The van der Waals surface area contributed by atoms with Crippen LogP contribution in [0.15, 0.2) is 48.4 Å². The molecule has 0 aliphatic carbocycles. The Hall–Kier alpha value is -1.44. The number of carbonyl (C=O) groups excluding carboxylic acids is 1. The summed E-state index contributed by atoms with van der Waals surface area (Å²) in [5.74, 6) is -0.687. The Labute approximate surface area is 97.1 Å². The van der Waals surface area contributed by atoms with Crippen molar-refractivity contribution in [2.75, 3.05) is 0 Å². The van der Waals surface area contributed by atoms with Crippen LogP contribution >= 0.6 is 0 Å². The summed E-state index contributed by atoms with van der Waals surface area (Å²) in [5.41, 5.74) is 0.501. The summed E-state index contributed by atoms with van der Waals surface area (Å²) in [6.45, 7) is 12.7. The maximum Gasteiger partial charge on any atom is 0.191 e. The molecule has 0 spiro atoms. The first-order valence-electron chi connectivity index (χ1n) is 5.36. The fourth-order valence-corrected chi connectivity index (χ4v) is 1.26. The molecule has 0 aromatic heterocycles. The molecule has 0 aromatic rings. The zero-order chi connectivity index (χ0) is 12.7. The average Bonchev–Trinajstić information content (AvgIpc) is 2.23. The number of allylic oxidation sites excluding steroid dienone is 6. The Bertz CT molecular complexity index is 346. The van der Waals surface area contributed by atoms with Crippen molar-refractivity contribution in [3.8, 4) is 0 Å². The van der Waals surface area contributed by atoms with Crippen molar-refractivity contribution in [1.29, 1.82) is 0 Å². The Morgan fingerprint density at radius 3 is 2.38 bits per heavy atom. The highest BCUT2D eigenvalue weighted by Crippen LogP contribution is 2.18. The van der Waals surface area contributed by atoms with E-state index < -0.39 is 5.83 Å². The molecule has 88 valence electrons. The van der Waals surface area contributed by atoms with E-state index in [0.717, 1.165) is 6.08 Å². The summed E-state index contributed by atoms with van der Waals surface area (Å²) in [6.07, 6.45) is 4.86. The molecule has 0 aromatic carbocycles. The van der Waals surface area contributed by atoms with Gasteiger partial charge in [-0.2, -0.15) is 0 Å². The third-order valence-corrected chi connectivity index (χ3v) is 2.03. The van der Waals surface area contributed by atoms with Crippen LogP contribution in [-0.2, 0) is 4.79 Å². The van der Waals surface area contributed by atoms with Gasteiger partial charge in [-0.3, -0.25) is 4.79 Å². The Kier molecular flexibility index (Phi) is 6.31. The highest BCUT2D eigenvalue weighted by molar-refractivity contribution is 6.10. The number of rotatable bonds is 6. The van der Waals surface area contributed by atoms with Crippen molar-refractivity contribution in [2.24, 2.45) is 5.92 Å². The Balaban J connectivity index is 4.98. The molecule has 0 amide bonds. The first-order chi connectivity index (χ1) is 7.43. The molecule has 16 heavy (non-hydrogen) atoms. The van der Waals surface area contributed by atoms with Crippen LogP contribution in [0.3, 0.4) is 0 Å². The lowest BCUT2D eigenvalue weighted by Crippen LogP contribution is -2.06. The summed E-state index contributed by atoms with van der Waals surface area (Å²) in [6, 6.07) is 0. The molecular formula is C14H19FO. The molecule has 2 heteroatoms. The summed E-state index contributed by atoms with van der Waals surface area (Å²) >= 11 is 0. The molecule has 0 fully saturated rings. The Morgan fingerprint density at radius 2 is 2.00 bits per heavy atom. The maximum atomic E-state index is 13.3. The van der Waals surface area contributed by atoms with Crippen molar-refractivity contribution in [3.05, 3.63) is 48.4 Å². The molecule has 0 heterocycles. The van der Waals surface area contributed by atoms with Gasteiger partial charge in [-0.1, -0.05) is 46.1 Å². The van der Waals surface area contributed by atoms with Gasteiger partial charge in [-0.25, -0.2) is 4.39 Å². The highest BCUT2D eigenvalue weighted by atomic mass is 19.1. The van der Waals surface area contributed by atoms with Crippen LogP contribution in [-0.4, -0.2) is 5.78 Å². The molecule has 0 radical (unpaired) electrons. The van der Waals surface area contributed by atoms with Crippen molar-refractivity contribution in [3.63, 3.8) is 0 Å². The quantitative estimate of drug-likeness (QED) is 0.487. The molecule has 0 unspecified atom stereocenters.